The van der Waals surface area contributed by atoms with Crippen molar-refractivity contribution in [3.8, 4) is 11.5 Å². The van der Waals surface area contributed by atoms with Crippen molar-refractivity contribution in [1.82, 2.24) is 19.4 Å². The highest BCUT2D eigenvalue weighted by Gasteiger charge is 2.22. The van der Waals surface area contributed by atoms with Gasteiger partial charge in [0.05, 0.1) is 6.33 Å². The molecule has 0 radical (unpaired) electrons. The molecule has 0 unspecified atom stereocenters. The summed E-state index contributed by atoms with van der Waals surface area (Å²) in [5.41, 5.74) is 0.701. The third-order valence-electron chi connectivity index (χ3n) is 4.97. The first kappa shape index (κ1) is 18.3. The van der Waals surface area contributed by atoms with E-state index in [0.717, 1.165) is 50.8 Å². The first-order valence-corrected chi connectivity index (χ1v) is 9.58. The topological polar surface area (TPSA) is 50.6 Å². The summed E-state index contributed by atoms with van der Waals surface area (Å²) in [6.45, 7) is 5.21. The number of ether oxygens (including phenoxy) is 1. The van der Waals surface area contributed by atoms with Gasteiger partial charge in [-0.3, -0.25) is 9.69 Å². The number of nitrogens with zero attached hydrogens (tertiary/aromatic N) is 4. The molecule has 1 aromatic heterocycles. The Labute approximate surface area is 165 Å². The Hall–Kier alpha value is -3.12. The Morgan fingerprint density at radius 2 is 1.61 bits per heavy atom. The number of amides is 1. The lowest BCUT2D eigenvalue weighted by atomic mass is 10.1. The van der Waals surface area contributed by atoms with Crippen LogP contribution in [0.2, 0.25) is 0 Å². The SMILES string of the molecule is O=C(c1ccc(Oc2ccccc2)cc1)N1CCN(CCn2ccnc2)CC1. The highest BCUT2D eigenvalue weighted by atomic mass is 16.5. The number of hydrogen-bond donors (Lipinski definition) is 0. The van der Waals surface area contributed by atoms with Gasteiger partial charge in [-0.1, -0.05) is 18.2 Å². The predicted octanol–water partition coefficient (Wildman–Crippen LogP) is 3.13. The molecule has 0 aliphatic carbocycles. The minimum atomic E-state index is 0.0838. The van der Waals surface area contributed by atoms with E-state index in [1.165, 1.54) is 0 Å². The number of para-hydroxylation sites is 1. The van der Waals surface area contributed by atoms with Gasteiger partial charge in [0.2, 0.25) is 0 Å². The summed E-state index contributed by atoms with van der Waals surface area (Å²) in [6, 6.07) is 17.0. The number of carbonyl (C=O) groups is 1. The van der Waals surface area contributed by atoms with E-state index in [4.69, 9.17) is 4.74 Å². The third kappa shape index (κ3) is 4.58. The van der Waals surface area contributed by atoms with Crippen LogP contribution in [-0.4, -0.2) is 58.0 Å². The molecule has 1 aliphatic rings. The molecule has 1 aliphatic heterocycles. The molecule has 0 N–H and O–H groups in total. The molecule has 2 heterocycles. The van der Waals surface area contributed by atoms with Crippen LogP contribution in [0.1, 0.15) is 10.4 Å². The predicted molar refractivity (Wildman–Crippen MR) is 108 cm³/mol. The second-order valence-electron chi connectivity index (χ2n) is 6.87. The lowest BCUT2D eigenvalue weighted by molar-refractivity contribution is 0.0633. The van der Waals surface area contributed by atoms with Crippen molar-refractivity contribution in [2.24, 2.45) is 0 Å². The molecule has 3 aromatic rings. The van der Waals surface area contributed by atoms with Crippen molar-refractivity contribution in [2.75, 3.05) is 32.7 Å². The molecular weight excluding hydrogens is 352 g/mol. The van der Waals surface area contributed by atoms with Gasteiger partial charge >= 0.3 is 0 Å². The Balaban J connectivity index is 1.27. The average molecular weight is 376 g/mol. The molecule has 1 fully saturated rings. The second kappa shape index (κ2) is 8.71. The highest BCUT2D eigenvalue weighted by Crippen LogP contribution is 2.21. The van der Waals surface area contributed by atoms with Crippen LogP contribution in [0.15, 0.2) is 73.3 Å². The van der Waals surface area contributed by atoms with E-state index < -0.39 is 0 Å². The Morgan fingerprint density at radius 3 is 2.29 bits per heavy atom. The zero-order valence-corrected chi connectivity index (χ0v) is 15.8. The van der Waals surface area contributed by atoms with Gasteiger partial charge < -0.3 is 14.2 Å². The fourth-order valence-corrected chi connectivity index (χ4v) is 3.32. The number of piperazine rings is 1. The molecule has 6 nitrogen and oxygen atoms in total. The summed E-state index contributed by atoms with van der Waals surface area (Å²) in [6.07, 6.45) is 5.61. The van der Waals surface area contributed by atoms with E-state index in [1.54, 1.807) is 6.20 Å². The number of aromatic nitrogens is 2. The van der Waals surface area contributed by atoms with Crippen LogP contribution in [0.25, 0.3) is 0 Å². The zero-order chi connectivity index (χ0) is 19.2. The maximum atomic E-state index is 12.8. The van der Waals surface area contributed by atoms with Crippen LogP contribution in [0.4, 0.5) is 0 Å². The maximum Gasteiger partial charge on any atom is 0.253 e. The van der Waals surface area contributed by atoms with Gasteiger partial charge in [0.25, 0.3) is 5.91 Å². The lowest BCUT2D eigenvalue weighted by Gasteiger charge is -2.34. The standard InChI is InChI=1S/C22H24N4O2/c27-22(19-6-8-21(9-7-19)28-20-4-2-1-3-5-20)26-16-14-24(15-17-26)12-13-25-11-10-23-18-25/h1-11,18H,12-17H2. The molecule has 1 saturated heterocycles. The first-order chi connectivity index (χ1) is 13.8. The van der Waals surface area contributed by atoms with Crippen molar-refractivity contribution in [1.29, 1.82) is 0 Å². The molecule has 2 aromatic carbocycles. The summed E-state index contributed by atoms with van der Waals surface area (Å²) in [7, 11) is 0. The fourth-order valence-electron chi connectivity index (χ4n) is 3.32. The highest BCUT2D eigenvalue weighted by molar-refractivity contribution is 5.94. The molecule has 144 valence electrons. The van der Waals surface area contributed by atoms with Crippen LogP contribution in [0.3, 0.4) is 0 Å². The number of hydrogen-bond acceptors (Lipinski definition) is 4. The lowest BCUT2D eigenvalue weighted by Crippen LogP contribution is -2.49. The number of benzene rings is 2. The first-order valence-electron chi connectivity index (χ1n) is 9.58. The van der Waals surface area contributed by atoms with Gasteiger partial charge in [0.15, 0.2) is 0 Å². The van der Waals surface area contributed by atoms with Gasteiger partial charge in [-0.05, 0) is 36.4 Å². The van der Waals surface area contributed by atoms with Crippen molar-refractivity contribution in [2.45, 2.75) is 6.54 Å². The Kier molecular flexibility index (Phi) is 5.68. The number of rotatable bonds is 6. The molecular formula is C22H24N4O2. The molecule has 6 heteroatoms. The number of imidazole rings is 1. The smallest absolute Gasteiger partial charge is 0.253 e. The van der Waals surface area contributed by atoms with Crippen LogP contribution in [0.5, 0.6) is 11.5 Å². The van der Waals surface area contributed by atoms with Crippen LogP contribution in [-0.2, 0) is 6.54 Å². The third-order valence-corrected chi connectivity index (χ3v) is 4.97. The van der Waals surface area contributed by atoms with E-state index in [-0.39, 0.29) is 5.91 Å². The summed E-state index contributed by atoms with van der Waals surface area (Å²) in [5.74, 6) is 1.60. The zero-order valence-electron chi connectivity index (χ0n) is 15.8. The molecule has 4 rings (SSSR count). The van der Waals surface area contributed by atoms with Gasteiger partial charge in [-0.25, -0.2) is 4.98 Å². The second-order valence-corrected chi connectivity index (χ2v) is 6.87. The molecule has 28 heavy (non-hydrogen) atoms. The fraction of sp³-hybridized carbons (Fsp3) is 0.273. The van der Waals surface area contributed by atoms with Crippen molar-refractivity contribution in [3.05, 3.63) is 78.9 Å². The molecule has 0 spiro atoms. The van der Waals surface area contributed by atoms with E-state index in [2.05, 4.69) is 14.5 Å². The molecule has 0 saturated carbocycles. The monoisotopic (exact) mass is 376 g/mol. The Bertz CT molecular complexity index is 871. The molecule has 0 bridgehead atoms. The largest absolute Gasteiger partial charge is 0.457 e. The van der Waals surface area contributed by atoms with Gasteiger partial charge in [-0.2, -0.15) is 0 Å². The normalized spacial score (nSPS) is 14.8. The Morgan fingerprint density at radius 1 is 0.893 bits per heavy atom. The van der Waals surface area contributed by atoms with Crippen molar-refractivity contribution in [3.63, 3.8) is 0 Å². The summed E-state index contributed by atoms with van der Waals surface area (Å²) < 4.78 is 7.87. The van der Waals surface area contributed by atoms with Crippen molar-refractivity contribution >= 4 is 5.91 Å². The maximum absolute atomic E-state index is 12.8. The quantitative estimate of drug-likeness (QED) is 0.663. The summed E-state index contributed by atoms with van der Waals surface area (Å²) in [4.78, 5) is 21.2. The van der Waals surface area contributed by atoms with E-state index in [1.807, 2.05) is 72.0 Å². The van der Waals surface area contributed by atoms with Gasteiger partial charge in [0.1, 0.15) is 11.5 Å². The molecule has 1 amide bonds. The van der Waals surface area contributed by atoms with E-state index in [9.17, 15) is 4.79 Å². The summed E-state index contributed by atoms with van der Waals surface area (Å²) in [5, 5.41) is 0. The van der Waals surface area contributed by atoms with E-state index >= 15 is 0 Å². The summed E-state index contributed by atoms with van der Waals surface area (Å²) >= 11 is 0. The van der Waals surface area contributed by atoms with Crippen LogP contribution in [0, 0.1) is 0 Å². The van der Waals surface area contributed by atoms with Crippen LogP contribution < -0.4 is 4.74 Å². The van der Waals surface area contributed by atoms with Crippen LogP contribution >= 0.6 is 0 Å². The minimum absolute atomic E-state index is 0.0838. The molecule has 0 atom stereocenters. The minimum Gasteiger partial charge on any atom is -0.457 e. The van der Waals surface area contributed by atoms with Crippen molar-refractivity contribution < 1.29 is 9.53 Å². The number of carbonyl (C=O) groups excluding carboxylic acids is 1. The van der Waals surface area contributed by atoms with Gasteiger partial charge in [0, 0.05) is 57.2 Å². The van der Waals surface area contributed by atoms with Gasteiger partial charge in [-0.15, -0.1) is 0 Å². The average Bonchev–Trinajstić information content (AvgIpc) is 3.27. The van der Waals surface area contributed by atoms with E-state index in [0.29, 0.717) is 5.56 Å².